The molecule has 0 aliphatic carbocycles. The van der Waals surface area contributed by atoms with Crippen molar-refractivity contribution in [2.75, 3.05) is 18.6 Å². The van der Waals surface area contributed by atoms with Crippen LogP contribution in [-0.2, 0) is 9.53 Å². The van der Waals surface area contributed by atoms with Gasteiger partial charge in [0.25, 0.3) is 5.56 Å². The molecule has 1 atom stereocenters. The molecule has 0 spiro atoms. The van der Waals surface area contributed by atoms with Crippen LogP contribution in [0.5, 0.6) is 0 Å². The number of piperidine rings is 1. The van der Waals surface area contributed by atoms with E-state index in [4.69, 9.17) is 0 Å². The Bertz CT molecular complexity index is 564. The highest BCUT2D eigenvalue weighted by atomic mass is 16.5. The van der Waals surface area contributed by atoms with Crippen LogP contribution in [0, 0.1) is 0 Å². The van der Waals surface area contributed by atoms with E-state index in [1.807, 2.05) is 0 Å². The number of rotatable bonds is 3. The molecule has 0 bridgehead atoms. The minimum Gasteiger partial charge on any atom is -0.469 e. The summed E-state index contributed by atoms with van der Waals surface area (Å²) in [6.45, 7) is 0.629. The zero-order chi connectivity index (χ0) is 13.8. The molecule has 1 aliphatic rings. The molecule has 2 heterocycles. The molecule has 1 saturated heterocycles. The van der Waals surface area contributed by atoms with Gasteiger partial charge >= 0.3 is 11.7 Å². The van der Waals surface area contributed by atoms with Crippen LogP contribution < -0.4 is 16.1 Å². The second kappa shape index (κ2) is 5.68. The standard InChI is InChI=1S/C11H16N4O4/c1-19-8(16)6-7-4-2-3-5-15(7)9-10(17)12-11(18)14-13-9/h7H,2-6H2,1H3,(H2,12,14,17,18). The molecule has 1 aromatic rings. The number of hydrogen-bond donors (Lipinski definition) is 2. The summed E-state index contributed by atoms with van der Waals surface area (Å²) < 4.78 is 4.66. The lowest BCUT2D eigenvalue weighted by Gasteiger charge is -2.35. The van der Waals surface area contributed by atoms with E-state index < -0.39 is 11.2 Å². The number of nitrogens with one attached hydrogen (secondary N) is 2. The van der Waals surface area contributed by atoms with Gasteiger partial charge < -0.3 is 9.64 Å². The molecular formula is C11H16N4O4. The van der Waals surface area contributed by atoms with Gasteiger partial charge in [0.1, 0.15) is 0 Å². The third kappa shape index (κ3) is 3.01. The maximum Gasteiger partial charge on any atom is 0.342 e. The predicted octanol–water partition coefficient (Wildman–Crippen LogP) is -0.620. The molecule has 1 unspecified atom stereocenters. The third-order valence-electron chi connectivity index (χ3n) is 3.22. The molecule has 0 amide bonds. The summed E-state index contributed by atoms with van der Waals surface area (Å²) in [6.07, 6.45) is 2.89. The smallest absolute Gasteiger partial charge is 0.342 e. The molecule has 0 aromatic carbocycles. The number of H-pyrrole nitrogens is 2. The lowest BCUT2D eigenvalue weighted by atomic mass is 9.99. The van der Waals surface area contributed by atoms with E-state index in [0.29, 0.717) is 6.54 Å². The van der Waals surface area contributed by atoms with Crippen LogP contribution >= 0.6 is 0 Å². The first-order chi connectivity index (χ1) is 9.11. The highest BCUT2D eigenvalue weighted by Crippen LogP contribution is 2.22. The molecule has 1 aliphatic heterocycles. The van der Waals surface area contributed by atoms with Crippen molar-refractivity contribution in [1.29, 1.82) is 0 Å². The highest BCUT2D eigenvalue weighted by Gasteiger charge is 2.28. The fourth-order valence-corrected chi connectivity index (χ4v) is 2.30. The Morgan fingerprint density at radius 1 is 1.47 bits per heavy atom. The molecule has 0 radical (unpaired) electrons. The second-order valence-electron chi connectivity index (χ2n) is 4.45. The number of esters is 1. The van der Waals surface area contributed by atoms with Crippen molar-refractivity contribution < 1.29 is 9.53 Å². The van der Waals surface area contributed by atoms with Gasteiger partial charge in [0.2, 0.25) is 5.82 Å². The van der Waals surface area contributed by atoms with Gasteiger partial charge in [-0.1, -0.05) is 0 Å². The van der Waals surface area contributed by atoms with Gasteiger partial charge in [0.05, 0.1) is 13.5 Å². The van der Waals surface area contributed by atoms with Crippen molar-refractivity contribution in [2.24, 2.45) is 0 Å². The number of ether oxygens (including phenoxy) is 1. The number of aromatic nitrogens is 3. The van der Waals surface area contributed by atoms with Crippen molar-refractivity contribution in [3.8, 4) is 0 Å². The van der Waals surface area contributed by atoms with Gasteiger partial charge in [-0.2, -0.15) is 0 Å². The molecule has 8 nitrogen and oxygen atoms in total. The van der Waals surface area contributed by atoms with Crippen LogP contribution in [0.25, 0.3) is 0 Å². The van der Waals surface area contributed by atoms with E-state index in [1.165, 1.54) is 7.11 Å². The van der Waals surface area contributed by atoms with Crippen molar-refractivity contribution in [3.63, 3.8) is 0 Å². The monoisotopic (exact) mass is 268 g/mol. The SMILES string of the molecule is COC(=O)CC1CCCCN1c1n[nH]c(=O)[nH]c1=O. The van der Waals surface area contributed by atoms with Crippen LogP contribution in [0.15, 0.2) is 9.59 Å². The summed E-state index contributed by atoms with van der Waals surface area (Å²) in [5.74, 6) is -0.175. The van der Waals surface area contributed by atoms with Crippen LogP contribution in [0.1, 0.15) is 25.7 Å². The molecular weight excluding hydrogens is 252 g/mol. The highest BCUT2D eigenvalue weighted by molar-refractivity contribution is 5.70. The van der Waals surface area contributed by atoms with Crippen LogP contribution in [0.4, 0.5) is 5.82 Å². The molecule has 1 aromatic heterocycles. The van der Waals surface area contributed by atoms with Crippen molar-refractivity contribution >= 4 is 11.8 Å². The van der Waals surface area contributed by atoms with Crippen molar-refractivity contribution in [3.05, 3.63) is 20.8 Å². The first-order valence-corrected chi connectivity index (χ1v) is 6.14. The average Bonchev–Trinajstić information content (AvgIpc) is 2.40. The van der Waals surface area contributed by atoms with E-state index >= 15 is 0 Å². The number of nitrogens with zero attached hydrogens (tertiary/aromatic N) is 2. The van der Waals surface area contributed by atoms with Crippen molar-refractivity contribution in [2.45, 2.75) is 31.7 Å². The first-order valence-electron chi connectivity index (χ1n) is 6.14. The zero-order valence-corrected chi connectivity index (χ0v) is 10.6. The van der Waals surface area contributed by atoms with Gasteiger partial charge in [0.15, 0.2) is 0 Å². The molecule has 2 rings (SSSR count). The number of aromatic amines is 2. The van der Waals surface area contributed by atoms with Gasteiger partial charge in [-0.25, -0.2) is 9.89 Å². The van der Waals surface area contributed by atoms with E-state index in [1.54, 1.807) is 4.90 Å². The Balaban J connectivity index is 2.26. The van der Waals surface area contributed by atoms with Gasteiger partial charge in [-0.05, 0) is 19.3 Å². The maximum atomic E-state index is 11.7. The summed E-state index contributed by atoms with van der Waals surface area (Å²) in [7, 11) is 1.33. The van der Waals surface area contributed by atoms with Gasteiger partial charge in [-0.3, -0.25) is 14.6 Å². The minimum absolute atomic E-state index is 0.124. The lowest BCUT2D eigenvalue weighted by molar-refractivity contribution is -0.141. The number of carbonyl (C=O) groups is 1. The van der Waals surface area contributed by atoms with E-state index in [-0.39, 0.29) is 24.2 Å². The quantitative estimate of drug-likeness (QED) is 0.707. The number of hydrogen-bond acceptors (Lipinski definition) is 6. The van der Waals surface area contributed by atoms with E-state index in [9.17, 15) is 14.4 Å². The number of methoxy groups -OCH3 is 1. The molecule has 19 heavy (non-hydrogen) atoms. The fourth-order valence-electron chi connectivity index (χ4n) is 2.30. The fraction of sp³-hybridized carbons (Fsp3) is 0.636. The Hall–Kier alpha value is -2.12. The lowest BCUT2D eigenvalue weighted by Crippen LogP contribution is -2.45. The predicted molar refractivity (Wildman–Crippen MR) is 67.1 cm³/mol. The maximum absolute atomic E-state index is 11.7. The van der Waals surface area contributed by atoms with Crippen LogP contribution in [0.3, 0.4) is 0 Å². The molecule has 8 heteroatoms. The first kappa shape index (κ1) is 13.3. The number of anilines is 1. The largest absolute Gasteiger partial charge is 0.469 e. The average molecular weight is 268 g/mol. The third-order valence-corrected chi connectivity index (χ3v) is 3.22. The second-order valence-corrected chi connectivity index (χ2v) is 4.45. The molecule has 0 saturated carbocycles. The summed E-state index contributed by atoms with van der Waals surface area (Å²) in [5, 5.41) is 5.98. The van der Waals surface area contributed by atoms with Gasteiger partial charge in [0, 0.05) is 12.6 Å². The normalized spacial score (nSPS) is 19.2. The van der Waals surface area contributed by atoms with Crippen LogP contribution in [0.2, 0.25) is 0 Å². The topological polar surface area (TPSA) is 108 Å². The van der Waals surface area contributed by atoms with Gasteiger partial charge in [-0.15, -0.1) is 5.10 Å². The Morgan fingerprint density at radius 3 is 2.95 bits per heavy atom. The summed E-state index contributed by atoms with van der Waals surface area (Å²) in [5.41, 5.74) is -1.18. The summed E-state index contributed by atoms with van der Waals surface area (Å²) in [4.78, 5) is 38.0. The van der Waals surface area contributed by atoms with E-state index in [2.05, 4.69) is 19.9 Å². The summed E-state index contributed by atoms with van der Waals surface area (Å²) >= 11 is 0. The number of carbonyl (C=O) groups excluding carboxylic acids is 1. The Labute approximate surface area is 108 Å². The minimum atomic E-state index is -0.643. The zero-order valence-electron chi connectivity index (χ0n) is 10.6. The summed E-state index contributed by atoms with van der Waals surface area (Å²) in [6, 6.07) is -0.124. The molecule has 1 fully saturated rings. The van der Waals surface area contributed by atoms with Crippen LogP contribution in [-0.4, -0.2) is 40.8 Å². The Kier molecular flexibility index (Phi) is 3.98. The van der Waals surface area contributed by atoms with E-state index in [0.717, 1.165) is 19.3 Å². The molecule has 104 valence electrons. The molecule has 2 N–H and O–H groups in total. The van der Waals surface area contributed by atoms with Crippen molar-refractivity contribution in [1.82, 2.24) is 15.2 Å². The Morgan fingerprint density at radius 2 is 2.26 bits per heavy atom.